The van der Waals surface area contributed by atoms with E-state index >= 15 is 0 Å². The standard InChI is InChI=1S/C42H57ClN6O7S/c1-3-5-9-36-45-33(28-57-36)41(53)49-22-25-56-42(29-49)15-19-47(20-16-42)26-32-8-6-7-30(38(32)43)13-23-54-24-14-37(52)48(4-2)21-18-44-17-12-31-10-11-34(50)39-40(31)55-27-35(51)46-39/h6-8,10-11,28,44,50H,3-5,9,12-27,29H2,1-2H3,(H,46,51). The molecule has 15 heteroatoms. The fraction of sp³-hybridized carbons (Fsp3) is 0.571. The molecule has 6 rings (SSSR count). The number of phenols is 1. The van der Waals surface area contributed by atoms with Gasteiger partial charge in [-0.1, -0.05) is 49.2 Å². The molecule has 3 amide bonds. The van der Waals surface area contributed by atoms with Gasteiger partial charge in [0.25, 0.3) is 11.8 Å². The zero-order chi connectivity index (χ0) is 40.2. The van der Waals surface area contributed by atoms with Crippen molar-refractivity contribution >= 4 is 46.3 Å². The van der Waals surface area contributed by atoms with E-state index in [2.05, 4.69) is 33.5 Å². The normalized spacial score (nSPS) is 16.6. The minimum atomic E-state index is -0.324. The van der Waals surface area contributed by atoms with Gasteiger partial charge in [-0.25, -0.2) is 4.98 Å². The highest BCUT2D eigenvalue weighted by Gasteiger charge is 2.41. The number of halogens is 1. The molecule has 310 valence electrons. The first-order valence-corrected chi connectivity index (χ1v) is 21.6. The molecule has 13 nitrogen and oxygen atoms in total. The molecular formula is C42H57ClN6O7S. The van der Waals surface area contributed by atoms with Gasteiger partial charge < -0.3 is 39.8 Å². The van der Waals surface area contributed by atoms with Crippen LogP contribution < -0.4 is 15.4 Å². The average molecular weight is 825 g/mol. The number of ether oxygens (including phenoxy) is 3. The van der Waals surface area contributed by atoms with Crippen molar-refractivity contribution in [1.82, 2.24) is 25.0 Å². The van der Waals surface area contributed by atoms with Crippen LogP contribution >= 0.6 is 22.9 Å². The second-order valence-corrected chi connectivity index (χ2v) is 16.3. The Morgan fingerprint density at radius 2 is 1.89 bits per heavy atom. The van der Waals surface area contributed by atoms with E-state index in [1.807, 2.05) is 34.2 Å². The molecule has 2 fully saturated rings. The van der Waals surface area contributed by atoms with Gasteiger partial charge in [0, 0.05) is 56.2 Å². The third-order valence-corrected chi connectivity index (χ3v) is 12.4. The molecule has 0 atom stereocenters. The van der Waals surface area contributed by atoms with Crippen LogP contribution in [0.15, 0.2) is 35.7 Å². The van der Waals surface area contributed by atoms with Crippen LogP contribution in [0.5, 0.6) is 11.5 Å². The molecule has 57 heavy (non-hydrogen) atoms. The second-order valence-electron chi connectivity index (χ2n) is 15.0. The maximum Gasteiger partial charge on any atom is 0.273 e. The van der Waals surface area contributed by atoms with E-state index in [9.17, 15) is 19.5 Å². The highest BCUT2D eigenvalue weighted by Crippen LogP contribution is 2.39. The van der Waals surface area contributed by atoms with Crippen molar-refractivity contribution in [1.29, 1.82) is 0 Å². The Morgan fingerprint density at radius 1 is 1.07 bits per heavy atom. The van der Waals surface area contributed by atoms with E-state index < -0.39 is 0 Å². The van der Waals surface area contributed by atoms with Crippen molar-refractivity contribution in [2.24, 2.45) is 0 Å². The van der Waals surface area contributed by atoms with Gasteiger partial charge in [0.05, 0.1) is 43.4 Å². The van der Waals surface area contributed by atoms with Crippen molar-refractivity contribution < 1.29 is 33.7 Å². The fourth-order valence-electron chi connectivity index (χ4n) is 7.68. The number of nitrogens with zero attached hydrogens (tertiary/aromatic N) is 4. The Hall–Kier alpha value is -3.79. The highest BCUT2D eigenvalue weighted by atomic mass is 35.5. The van der Waals surface area contributed by atoms with Crippen molar-refractivity contribution in [3.63, 3.8) is 0 Å². The van der Waals surface area contributed by atoms with E-state index in [4.69, 9.17) is 25.8 Å². The molecule has 3 N–H and O–H groups in total. The molecule has 1 aromatic heterocycles. The number of carbonyl (C=O) groups excluding carboxylic acids is 3. The summed E-state index contributed by atoms with van der Waals surface area (Å²) in [6.45, 7) is 11.5. The van der Waals surface area contributed by atoms with E-state index in [0.717, 1.165) is 78.5 Å². The number of likely N-dealkylation sites (tertiary alicyclic amines) is 1. The number of morpholine rings is 1. The van der Waals surface area contributed by atoms with Crippen LogP contribution in [0, 0.1) is 0 Å². The summed E-state index contributed by atoms with van der Waals surface area (Å²) < 4.78 is 17.8. The monoisotopic (exact) mass is 824 g/mol. The zero-order valence-corrected chi connectivity index (χ0v) is 34.9. The number of benzene rings is 2. The number of carbonyl (C=O) groups is 3. The Kier molecular flexibility index (Phi) is 15.6. The van der Waals surface area contributed by atoms with Crippen LogP contribution in [-0.2, 0) is 44.9 Å². The van der Waals surface area contributed by atoms with Crippen LogP contribution in [0.25, 0.3) is 0 Å². The van der Waals surface area contributed by atoms with Gasteiger partial charge >= 0.3 is 0 Å². The summed E-state index contributed by atoms with van der Waals surface area (Å²) in [7, 11) is 0. The van der Waals surface area contributed by atoms with Crippen LogP contribution in [0.4, 0.5) is 5.69 Å². The Labute approximate surface area is 345 Å². The number of nitrogens with one attached hydrogen (secondary N) is 2. The van der Waals surface area contributed by atoms with Gasteiger partial charge in [0.15, 0.2) is 12.4 Å². The summed E-state index contributed by atoms with van der Waals surface area (Å²) in [6.07, 6.45) is 6.44. The number of piperidine rings is 1. The molecule has 0 radical (unpaired) electrons. The molecular weight excluding hydrogens is 768 g/mol. The second kappa shape index (κ2) is 20.8. The van der Waals surface area contributed by atoms with E-state index in [0.29, 0.717) is 95.5 Å². The number of rotatable bonds is 19. The molecule has 0 bridgehead atoms. The summed E-state index contributed by atoms with van der Waals surface area (Å²) in [5.41, 5.74) is 3.56. The van der Waals surface area contributed by atoms with Crippen LogP contribution in [0.3, 0.4) is 0 Å². The molecule has 4 heterocycles. The lowest BCUT2D eigenvalue weighted by molar-refractivity contribution is -0.132. The first-order chi connectivity index (χ1) is 27.7. The van der Waals surface area contributed by atoms with Gasteiger partial charge in [-0.3, -0.25) is 19.3 Å². The highest BCUT2D eigenvalue weighted by molar-refractivity contribution is 7.09. The minimum Gasteiger partial charge on any atom is -0.506 e. The number of hydrogen-bond donors (Lipinski definition) is 3. The molecule has 2 saturated heterocycles. The molecule has 2 aromatic carbocycles. The molecule has 3 aliphatic rings. The zero-order valence-electron chi connectivity index (χ0n) is 33.3. The number of amides is 3. The molecule has 3 aromatic rings. The number of phenolic OH excluding ortho intramolecular Hbond substituents is 1. The van der Waals surface area contributed by atoms with Crippen molar-refractivity contribution in [2.45, 2.75) is 77.4 Å². The number of aromatic hydroxyl groups is 1. The number of aryl methyl sites for hydroxylation is 1. The van der Waals surface area contributed by atoms with Crippen LogP contribution in [-0.4, -0.2) is 127 Å². The summed E-state index contributed by atoms with van der Waals surface area (Å²) in [5, 5.41) is 19.8. The summed E-state index contributed by atoms with van der Waals surface area (Å²) in [6, 6.07) is 9.52. The van der Waals surface area contributed by atoms with Crippen molar-refractivity contribution in [3.05, 3.63) is 68.1 Å². The Bertz CT molecular complexity index is 1830. The van der Waals surface area contributed by atoms with E-state index in [1.54, 1.807) is 23.5 Å². The molecule has 0 aliphatic carbocycles. The predicted octanol–water partition coefficient (Wildman–Crippen LogP) is 5.31. The third kappa shape index (κ3) is 11.5. The number of thiazole rings is 1. The summed E-state index contributed by atoms with van der Waals surface area (Å²) in [4.78, 5) is 48.7. The predicted molar refractivity (Wildman–Crippen MR) is 221 cm³/mol. The van der Waals surface area contributed by atoms with Gasteiger partial charge in [-0.15, -0.1) is 11.3 Å². The lowest BCUT2D eigenvalue weighted by Crippen LogP contribution is -2.58. The average Bonchev–Trinajstić information content (AvgIpc) is 3.70. The van der Waals surface area contributed by atoms with Gasteiger partial charge in [0.1, 0.15) is 17.1 Å². The van der Waals surface area contributed by atoms with E-state index in [-0.39, 0.29) is 35.7 Å². The quantitative estimate of drug-likeness (QED) is 0.107. The van der Waals surface area contributed by atoms with Crippen molar-refractivity contribution in [2.75, 3.05) is 84.1 Å². The van der Waals surface area contributed by atoms with Gasteiger partial charge in [-0.05, 0) is 74.8 Å². The number of likely N-dealkylation sites (N-methyl/N-ethyl adjacent to an activating group) is 1. The topological polar surface area (TPSA) is 146 Å². The summed E-state index contributed by atoms with van der Waals surface area (Å²) >= 11 is 8.51. The van der Waals surface area contributed by atoms with E-state index in [1.165, 1.54) is 0 Å². The lowest BCUT2D eigenvalue weighted by Gasteiger charge is -2.47. The molecule has 3 aliphatic heterocycles. The SMILES string of the molecule is CCCCc1nc(C(=O)N2CCOC3(CCN(Cc4cccc(CCOCCC(=O)N(CC)CCNCCc5ccc(O)c6c5OCC(=O)N6)c4Cl)CC3)C2)cs1. The van der Waals surface area contributed by atoms with Crippen molar-refractivity contribution in [3.8, 4) is 11.5 Å². The van der Waals surface area contributed by atoms with Crippen LogP contribution in [0.2, 0.25) is 5.02 Å². The molecule has 0 unspecified atom stereocenters. The number of hydrogen-bond acceptors (Lipinski definition) is 11. The number of anilines is 1. The Balaban J connectivity index is 0.870. The first-order valence-electron chi connectivity index (χ1n) is 20.4. The number of fused-ring (bicyclic) bond motifs is 1. The number of aromatic nitrogens is 1. The smallest absolute Gasteiger partial charge is 0.273 e. The first kappa shape index (κ1) is 42.8. The molecule has 0 saturated carbocycles. The maximum absolute atomic E-state index is 13.3. The number of unbranched alkanes of at least 4 members (excludes halogenated alkanes) is 1. The molecule has 1 spiro atoms. The fourth-order valence-corrected chi connectivity index (χ4v) is 8.77. The largest absolute Gasteiger partial charge is 0.506 e. The lowest BCUT2D eigenvalue weighted by atomic mass is 9.89. The van der Waals surface area contributed by atoms with Crippen LogP contribution in [0.1, 0.15) is 78.1 Å². The minimum absolute atomic E-state index is 0.0133. The maximum atomic E-state index is 13.3. The van der Waals surface area contributed by atoms with Gasteiger partial charge in [0.2, 0.25) is 5.91 Å². The third-order valence-electron chi connectivity index (χ3n) is 11.0. The van der Waals surface area contributed by atoms with Gasteiger partial charge in [-0.2, -0.15) is 0 Å². The Morgan fingerprint density at radius 3 is 2.70 bits per heavy atom. The summed E-state index contributed by atoms with van der Waals surface area (Å²) in [5.74, 6) is 0.257.